The maximum Gasteiger partial charge on any atom is 0.253 e. The molecule has 2 heterocycles. The molecule has 12 heteroatoms. The minimum atomic E-state index is -4.07. The molecule has 0 bridgehead atoms. The Labute approximate surface area is 256 Å². The average Bonchev–Trinajstić information content (AvgIpc) is 3.02. The maximum atomic E-state index is 14.0. The molecule has 2 amide bonds. The lowest BCUT2D eigenvalue weighted by atomic mass is 10.0. The van der Waals surface area contributed by atoms with Crippen molar-refractivity contribution >= 4 is 43.9 Å². The summed E-state index contributed by atoms with van der Waals surface area (Å²) in [6, 6.07) is 16.4. The molecule has 0 atom stereocenters. The summed E-state index contributed by atoms with van der Waals surface area (Å²) >= 11 is 0. The fraction of sp³-hybridized carbons (Fsp3) is 0.281. The molecule has 3 aromatic carbocycles. The van der Waals surface area contributed by atoms with E-state index in [0.717, 1.165) is 0 Å². The fourth-order valence-corrected chi connectivity index (χ4v) is 6.81. The van der Waals surface area contributed by atoms with Crippen molar-refractivity contribution in [3.8, 4) is 5.75 Å². The SMILES string of the molecule is COc1cccc(Nc2c(CC(N)=O)cnc3c(C)cc(S(=O)(=O)c4cccc(C(=O)N5CCN(CCO)CC5)c4)cc23)c1. The van der Waals surface area contributed by atoms with Crippen LogP contribution in [0.25, 0.3) is 10.9 Å². The predicted molar refractivity (Wildman–Crippen MR) is 167 cm³/mol. The lowest BCUT2D eigenvalue weighted by Crippen LogP contribution is -2.49. The van der Waals surface area contributed by atoms with Crippen molar-refractivity contribution in [3.63, 3.8) is 0 Å². The number of aryl methyl sites for hydroxylation is 1. The van der Waals surface area contributed by atoms with Gasteiger partial charge >= 0.3 is 0 Å². The molecule has 0 saturated carbocycles. The largest absolute Gasteiger partial charge is 0.497 e. The molecular weight excluding hydrogens is 582 g/mol. The van der Waals surface area contributed by atoms with Crippen LogP contribution >= 0.6 is 0 Å². The first kappa shape index (κ1) is 30.9. The number of benzene rings is 3. The van der Waals surface area contributed by atoms with E-state index in [2.05, 4.69) is 15.2 Å². The topological polar surface area (TPSA) is 155 Å². The van der Waals surface area contributed by atoms with Gasteiger partial charge in [0.15, 0.2) is 0 Å². The second-order valence-electron chi connectivity index (χ2n) is 10.7. The number of aliphatic hydroxyl groups excluding tert-OH is 1. The molecule has 1 saturated heterocycles. The van der Waals surface area contributed by atoms with Crippen molar-refractivity contribution in [2.45, 2.75) is 23.1 Å². The zero-order valence-electron chi connectivity index (χ0n) is 24.6. The van der Waals surface area contributed by atoms with Gasteiger partial charge in [-0.25, -0.2) is 8.42 Å². The van der Waals surface area contributed by atoms with E-state index < -0.39 is 15.7 Å². The number of rotatable bonds is 10. The van der Waals surface area contributed by atoms with E-state index in [4.69, 9.17) is 10.5 Å². The van der Waals surface area contributed by atoms with Crippen molar-refractivity contribution in [1.82, 2.24) is 14.8 Å². The van der Waals surface area contributed by atoms with Gasteiger partial charge in [-0.2, -0.15) is 0 Å². The number of hydrogen-bond donors (Lipinski definition) is 3. The van der Waals surface area contributed by atoms with Gasteiger partial charge in [0.05, 0.1) is 41.1 Å². The monoisotopic (exact) mass is 617 g/mol. The zero-order valence-corrected chi connectivity index (χ0v) is 25.4. The van der Waals surface area contributed by atoms with Gasteiger partial charge in [-0.15, -0.1) is 0 Å². The number of anilines is 2. The quantitative estimate of drug-likeness (QED) is 0.244. The molecular formula is C32H35N5O6S. The van der Waals surface area contributed by atoms with E-state index in [0.29, 0.717) is 71.9 Å². The fourth-order valence-electron chi connectivity index (χ4n) is 5.39. The van der Waals surface area contributed by atoms with Gasteiger partial charge in [0, 0.05) is 67.2 Å². The van der Waals surface area contributed by atoms with Gasteiger partial charge in [-0.05, 0) is 55.0 Å². The molecule has 5 rings (SSSR count). The molecule has 4 aromatic rings. The van der Waals surface area contributed by atoms with Gasteiger partial charge in [0.1, 0.15) is 5.75 Å². The summed E-state index contributed by atoms with van der Waals surface area (Å²) in [4.78, 5) is 33.6. The number of hydrogen-bond acceptors (Lipinski definition) is 9. The third-order valence-corrected chi connectivity index (χ3v) is 9.43. The number of fused-ring (bicyclic) bond motifs is 1. The van der Waals surface area contributed by atoms with Gasteiger partial charge in [0.2, 0.25) is 15.7 Å². The number of ether oxygens (including phenoxy) is 1. The summed E-state index contributed by atoms with van der Waals surface area (Å²) < 4.78 is 33.4. The lowest BCUT2D eigenvalue weighted by molar-refractivity contribution is -0.117. The molecule has 1 aliphatic rings. The zero-order chi connectivity index (χ0) is 31.4. The van der Waals surface area contributed by atoms with Gasteiger partial charge < -0.3 is 25.8 Å². The number of nitrogens with zero attached hydrogens (tertiary/aromatic N) is 3. The van der Waals surface area contributed by atoms with Gasteiger partial charge in [0.25, 0.3) is 5.91 Å². The van der Waals surface area contributed by atoms with Gasteiger partial charge in [-0.3, -0.25) is 19.5 Å². The number of nitrogens with two attached hydrogens (primary N) is 1. The number of nitrogens with one attached hydrogen (secondary N) is 1. The Kier molecular flexibility index (Phi) is 9.14. The average molecular weight is 618 g/mol. The minimum Gasteiger partial charge on any atom is -0.497 e. The number of carbonyl (C=O) groups is 2. The van der Waals surface area contributed by atoms with E-state index in [1.165, 1.54) is 18.2 Å². The number of piperazine rings is 1. The van der Waals surface area contributed by atoms with Crippen LogP contribution in [0.3, 0.4) is 0 Å². The van der Waals surface area contributed by atoms with Crippen molar-refractivity contribution in [3.05, 3.63) is 83.6 Å². The maximum absolute atomic E-state index is 14.0. The van der Waals surface area contributed by atoms with Crippen LogP contribution in [-0.2, 0) is 21.1 Å². The highest BCUT2D eigenvalue weighted by Gasteiger charge is 2.25. The second kappa shape index (κ2) is 13.0. The Morgan fingerprint density at radius 2 is 1.77 bits per heavy atom. The van der Waals surface area contributed by atoms with E-state index in [1.54, 1.807) is 55.5 Å². The first-order valence-corrected chi connectivity index (χ1v) is 15.7. The number of β-amino-alcohol motifs (C(OH)–C–C–N with tert-alkyl or cyclic N) is 1. The molecule has 0 spiro atoms. The minimum absolute atomic E-state index is 0.00966. The summed E-state index contributed by atoms with van der Waals surface area (Å²) in [6.07, 6.45) is 1.46. The first-order chi connectivity index (χ1) is 21.1. The molecule has 0 aliphatic carbocycles. The molecule has 0 unspecified atom stereocenters. The molecule has 1 aromatic heterocycles. The van der Waals surface area contributed by atoms with Crippen molar-refractivity contribution in [1.29, 1.82) is 0 Å². The molecule has 44 heavy (non-hydrogen) atoms. The number of methoxy groups -OCH3 is 1. The Morgan fingerprint density at radius 3 is 2.48 bits per heavy atom. The number of aromatic nitrogens is 1. The molecule has 4 N–H and O–H groups in total. The van der Waals surface area contributed by atoms with Crippen molar-refractivity contribution < 1.29 is 27.9 Å². The highest BCUT2D eigenvalue weighted by atomic mass is 32.2. The third-order valence-electron chi connectivity index (χ3n) is 7.70. The smallest absolute Gasteiger partial charge is 0.253 e. The highest BCUT2D eigenvalue weighted by molar-refractivity contribution is 7.91. The van der Waals surface area contributed by atoms with E-state index in [9.17, 15) is 23.1 Å². The molecule has 11 nitrogen and oxygen atoms in total. The summed E-state index contributed by atoms with van der Waals surface area (Å²) in [5.41, 5.74) is 8.68. The number of amides is 2. The van der Waals surface area contributed by atoms with Crippen LogP contribution in [0.5, 0.6) is 5.75 Å². The van der Waals surface area contributed by atoms with Crippen molar-refractivity contribution in [2.24, 2.45) is 5.73 Å². The Morgan fingerprint density at radius 1 is 1.02 bits per heavy atom. The molecule has 0 radical (unpaired) electrons. The van der Waals surface area contributed by atoms with Crippen LogP contribution in [-0.4, -0.2) is 86.6 Å². The molecule has 1 aliphatic heterocycles. The summed E-state index contributed by atoms with van der Waals surface area (Å²) in [5, 5.41) is 13.0. The van der Waals surface area contributed by atoms with Crippen LogP contribution in [0.4, 0.5) is 11.4 Å². The predicted octanol–water partition coefficient (Wildman–Crippen LogP) is 2.91. The normalized spacial score (nSPS) is 14.0. The van der Waals surface area contributed by atoms with Gasteiger partial charge in [-0.1, -0.05) is 12.1 Å². The Bertz CT molecular complexity index is 1820. The highest BCUT2D eigenvalue weighted by Crippen LogP contribution is 2.35. The van der Waals surface area contributed by atoms with E-state index >= 15 is 0 Å². The van der Waals surface area contributed by atoms with Crippen LogP contribution < -0.4 is 15.8 Å². The summed E-state index contributed by atoms with van der Waals surface area (Å²) in [6.45, 7) is 4.64. The van der Waals surface area contributed by atoms with Crippen LogP contribution in [0, 0.1) is 6.92 Å². The molecule has 230 valence electrons. The number of aliphatic hydroxyl groups is 1. The van der Waals surface area contributed by atoms with Crippen LogP contribution in [0.15, 0.2) is 76.7 Å². The van der Waals surface area contributed by atoms with Crippen LogP contribution in [0.2, 0.25) is 0 Å². The van der Waals surface area contributed by atoms with E-state index in [1.807, 2.05) is 12.1 Å². The lowest BCUT2D eigenvalue weighted by Gasteiger charge is -2.34. The van der Waals surface area contributed by atoms with Crippen LogP contribution in [0.1, 0.15) is 21.5 Å². The Hall–Kier alpha value is -4.52. The standard InChI is InChI=1S/C32H35N5O6S/c1-21-15-27(44(41,42)26-8-3-5-22(16-26)32(40)37-11-9-36(10-12-37)13-14-38)19-28-30(21)34-20-23(17-29(33)39)31(28)35-24-6-4-7-25(18-24)43-2/h3-8,15-16,18-20,38H,9-14,17H2,1-2H3,(H2,33,39)(H,34,35). The second-order valence-corrected chi connectivity index (χ2v) is 12.6. The number of primary amides is 1. The number of carbonyl (C=O) groups excluding carboxylic acids is 2. The Balaban J connectivity index is 1.54. The number of sulfone groups is 1. The first-order valence-electron chi connectivity index (χ1n) is 14.2. The van der Waals surface area contributed by atoms with Crippen molar-refractivity contribution in [2.75, 3.05) is 51.8 Å². The number of pyridine rings is 1. The molecule has 1 fully saturated rings. The summed E-state index contributed by atoms with van der Waals surface area (Å²) in [7, 11) is -2.51. The summed E-state index contributed by atoms with van der Waals surface area (Å²) in [5.74, 6) is -0.187. The van der Waals surface area contributed by atoms with E-state index in [-0.39, 0.29) is 34.3 Å². The third kappa shape index (κ3) is 6.52.